The molecule has 5 rings (SSSR count). The zero-order chi connectivity index (χ0) is 24.4. The van der Waals surface area contributed by atoms with E-state index in [1.54, 1.807) is 34.2 Å². The van der Waals surface area contributed by atoms with E-state index in [-0.39, 0.29) is 11.4 Å². The molecule has 0 bridgehead atoms. The summed E-state index contributed by atoms with van der Waals surface area (Å²) in [5.41, 5.74) is 4.73. The summed E-state index contributed by atoms with van der Waals surface area (Å²) in [6, 6.07) is 24.1. The molecule has 174 valence electrons. The quantitative estimate of drug-likeness (QED) is 0.271. The third kappa shape index (κ3) is 4.70. The summed E-state index contributed by atoms with van der Waals surface area (Å²) in [4.78, 5) is 25.2. The second-order valence-corrected chi connectivity index (χ2v) is 9.49. The molecule has 3 heterocycles. The predicted octanol–water partition coefficient (Wildman–Crippen LogP) is 6.70. The first-order chi connectivity index (χ1) is 17.0. The van der Waals surface area contributed by atoms with Crippen molar-refractivity contribution in [1.29, 1.82) is 0 Å². The lowest BCUT2D eigenvalue weighted by molar-refractivity contribution is 0.626. The van der Waals surface area contributed by atoms with E-state index >= 15 is 0 Å². The summed E-state index contributed by atoms with van der Waals surface area (Å²) in [6.45, 7) is 4.31. The third-order valence-electron chi connectivity index (χ3n) is 5.96. The second kappa shape index (κ2) is 9.76. The Balaban J connectivity index is 1.65. The summed E-state index contributed by atoms with van der Waals surface area (Å²) >= 11 is 1.55. The summed E-state index contributed by atoms with van der Waals surface area (Å²) in [5, 5.41) is 0. The Hall–Kier alpha value is -3.90. The van der Waals surface area contributed by atoms with Gasteiger partial charge in [0, 0.05) is 23.2 Å². The number of hydrogen-bond donors (Lipinski definition) is 0. The Kier molecular flexibility index (Phi) is 6.38. The molecule has 0 aliphatic carbocycles. The van der Waals surface area contributed by atoms with E-state index in [4.69, 9.17) is 4.98 Å². The van der Waals surface area contributed by atoms with Crippen LogP contribution in [-0.4, -0.2) is 14.5 Å². The molecule has 5 aromatic rings. The van der Waals surface area contributed by atoms with Crippen LogP contribution in [-0.2, 0) is 13.0 Å². The number of aromatic nitrogens is 3. The number of benzene rings is 2. The van der Waals surface area contributed by atoms with Crippen molar-refractivity contribution in [3.63, 3.8) is 0 Å². The van der Waals surface area contributed by atoms with E-state index in [0.717, 1.165) is 26.6 Å². The summed E-state index contributed by atoms with van der Waals surface area (Å²) in [5.74, 6) is 0.117. The number of aryl methyl sites for hydroxylation is 3. The number of nitrogens with zero attached hydrogens (tertiary/aromatic N) is 3. The van der Waals surface area contributed by atoms with Crippen molar-refractivity contribution in [2.75, 3.05) is 0 Å². The average Bonchev–Trinajstić information content (AvgIpc) is 3.25. The van der Waals surface area contributed by atoms with Gasteiger partial charge in [0.05, 0.1) is 21.8 Å². The number of thiophene rings is 1. The van der Waals surface area contributed by atoms with Crippen LogP contribution in [0.15, 0.2) is 89.9 Å². The number of hydrogen-bond acceptors (Lipinski definition) is 4. The molecule has 0 amide bonds. The molecule has 0 saturated carbocycles. The van der Waals surface area contributed by atoms with Crippen molar-refractivity contribution < 1.29 is 4.39 Å². The van der Waals surface area contributed by atoms with E-state index in [9.17, 15) is 9.18 Å². The first-order valence-corrected chi connectivity index (χ1v) is 12.3. The molecule has 4 nitrogen and oxygen atoms in total. The van der Waals surface area contributed by atoms with Gasteiger partial charge in [-0.3, -0.25) is 14.3 Å². The van der Waals surface area contributed by atoms with E-state index in [0.29, 0.717) is 35.6 Å². The molecule has 0 N–H and O–H groups in total. The fourth-order valence-corrected chi connectivity index (χ4v) is 5.48. The number of pyridine rings is 1. The van der Waals surface area contributed by atoms with Crippen molar-refractivity contribution in [1.82, 2.24) is 14.5 Å². The van der Waals surface area contributed by atoms with Crippen LogP contribution in [0, 0.1) is 19.7 Å². The van der Waals surface area contributed by atoms with Gasteiger partial charge in [0.1, 0.15) is 11.6 Å². The molecule has 6 heteroatoms. The van der Waals surface area contributed by atoms with E-state index in [1.165, 1.54) is 12.1 Å². The Labute approximate surface area is 207 Å². The highest BCUT2D eigenvalue weighted by atomic mass is 32.1. The van der Waals surface area contributed by atoms with Crippen LogP contribution >= 0.6 is 11.3 Å². The van der Waals surface area contributed by atoms with Gasteiger partial charge in [0.25, 0.3) is 5.56 Å². The van der Waals surface area contributed by atoms with Crippen LogP contribution < -0.4 is 5.56 Å². The average molecular weight is 482 g/mol. The first-order valence-electron chi connectivity index (χ1n) is 11.4. The van der Waals surface area contributed by atoms with E-state index in [2.05, 4.69) is 4.98 Å². The fraction of sp³-hybridized carbons (Fsp3) is 0.138. The minimum absolute atomic E-state index is 0.124. The van der Waals surface area contributed by atoms with Gasteiger partial charge >= 0.3 is 0 Å². The zero-order valence-corrected chi connectivity index (χ0v) is 20.3. The van der Waals surface area contributed by atoms with Crippen molar-refractivity contribution >= 4 is 11.3 Å². The molecule has 0 radical (unpaired) electrons. The summed E-state index contributed by atoms with van der Waals surface area (Å²) < 4.78 is 15.7. The van der Waals surface area contributed by atoms with E-state index in [1.807, 2.05) is 68.4 Å². The van der Waals surface area contributed by atoms with E-state index < -0.39 is 0 Å². The van der Waals surface area contributed by atoms with Crippen LogP contribution in [0.4, 0.5) is 4.39 Å². The maximum Gasteiger partial charge on any atom is 0.262 e. The Morgan fingerprint density at radius 2 is 1.74 bits per heavy atom. The Bertz CT molecular complexity index is 1540. The smallest absolute Gasteiger partial charge is 0.262 e. The highest BCUT2D eigenvalue weighted by molar-refractivity contribution is 7.19. The second-order valence-electron chi connectivity index (χ2n) is 8.44. The summed E-state index contributed by atoms with van der Waals surface area (Å²) in [7, 11) is 0. The molecule has 35 heavy (non-hydrogen) atoms. The lowest BCUT2D eigenvalue weighted by Gasteiger charge is -2.16. The van der Waals surface area contributed by atoms with Gasteiger partial charge in [0.2, 0.25) is 0 Å². The SMILES string of the molecule is Cc1cc(-c2c(C)nc(-c3cccc(F)c3)n(CCc3ccccc3)c2=O)sc1-c1ccccn1. The molecular weight excluding hydrogens is 457 g/mol. The molecule has 0 aliphatic heterocycles. The van der Waals surface area contributed by atoms with Gasteiger partial charge in [-0.15, -0.1) is 11.3 Å². The molecular formula is C29H24FN3OS. The van der Waals surface area contributed by atoms with Gasteiger partial charge in [0.15, 0.2) is 0 Å². The standard InChI is InChI=1S/C29H24FN3OS/c1-19-17-25(35-27(19)24-13-6-7-15-31-24)26-20(2)32-28(22-11-8-12-23(30)18-22)33(29(26)34)16-14-21-9-4-3-5-10-21/h3-13,15,17-18H,14,16H2,1-2H3. The van der Waals surface area contributed by atoms with Crippen LogP contribution in [0.5, 0.6) is 0 Å². The Morgan fingerprint density at radius 3 is 2.49 bits per heavy atom. The molecule has 0 aliphatic rings. The monoisotopic (exact) mass is 481 g/mol. The van der Waals surface area contributed by atoms with Crippen LogP contribution in [0.2, 0.25) is 0 Å². The molecule has 0 fully saturated rings. The van der Waals surface area contributed by atoms with Gasteiger partial charge in [-0.25, -0.2) is 9.37 Å². The maximum atomic E-state index is 14.1. The third-order valence-corrected chi connectivity index (χ3v) is 7.24. The van der Waals surface area contributed by atoms with Gasteiger partial charge in [-0.1, -0.05) is 48.5 Å². The van der Waals surface area contributed by atoms with Crippen molar-refractivity contribution in [3.8, 4) is 32.4 Å². The molecule has 0 spiro atoms. The normalized spacial score (nSPS) is 11.1. The zero-order valence-electron chi connectivity index (χ0n) is 19.5. The molecule has 0 saturated heterocycles. The van der Waals surface area contributed by atoms with Crippen LogP contribution in [0.3, 0.4) is 0 Å². The molecule has 2 aromatic carbocycles. The molecule has 0 atom stereocenters. The minimum atomic E-state index is -0.359. The van der Waals surface area contributed by atoms with Crippen molar-refractivity contribution in [2.24, 2.45) is 0 Å². The van der Waals surface area contributed by atoms with Crippen LogP contribution in [0.1, 0.15) is 16.8 Å². The van der Waals surface area contributed by atoms with Crippen LogP contribution in [0.25, 0.3) is 32.4 Å². The topological polar surface area (TPSA) is 47.8 Å². The molecule has 3 aromatic heterocycles. The largest absolute Gasteiger partial charge is 0.292 e. The summed E-state index contributed by atoms with van der Waals surface area (Å²) in [6.07, 6.45) is 2.43. The van der Waals surface area contributed by atoms with Gasteiger partial charge in [-0.2, -0.15) is 0 Å². The fourth-order valence-electron chi connectivity index (χ4n) is 4.24. The maximum absolute atomic E-state index is 14.1. The van der Waals surface area contributed by atoms with Crippen molar-refractivity contribution in [2.45, 2.75) is 26.8 Å². The number of rotatable bonds is 6. The lowest BCUT2D eigenvalue weighted by atomic mass is 10.1. The first kappa shape index (κ1) is 22.9. The highest BCUT2D eigenvalue weighted by Crippen LogP contribution is 2.37. The predicted molar refractivity (Wildman–Crippen MR) is 140 cm³/mol. The minimum Gasteiger partial charge on any atom is -0.292 e. The van der Waals surface area contributed by atoms with Gasteiger partial charge in [-0.05, 0) is 61.7 Å². The lowest BCUT2D eigenvalue weighted by Crippen LogP contribution is -2.27. The highest BCUT2D eigenvalue weighted by Gasteiger charge is 2.20. The van der Waals surface area contributed by atoms with Crippen molar-refractivity contribution in [3.05, 3.63) is 118 Å². The number of halogens is 1. The Morgan fingerprint density at radius 1 is 0.943 bits per heavy atom. The molecule has 0 unspecified atom stereocenters. The van der Waals surface area contributed by atoms with Gasteiger partial charge < -0.3 is 0 Å².